The highest BCUT2D eigenvalue weighted by Gasteiger charge is 2.36. The van der Waals surface area contributed by atoms with Crippen molar-refractivity contribution >= 4 is 11.6 Å². The van der Waals surface area contributed by atoms with Gasteiger partial charge in [0, 0.05) is 16.7 Å². The zero-order valence-electron chi connectivity index (χ0n) is 17.0. The predicted octanol–water partition coefficient (Wildman–Crippen LogP) is 5.65. The zero-order valence-corrected chi connectivity index (χ0v) is 17.0. The highest BCUT2D eigenvalue weighted by atomic mass is 16.5. The summed E-state index contributed by atoms with van der Waals surface area (Å²) >= 11 is 0. The Morgan fingerprint density at radius 1 is 0.741 bits per heavy atom. The van der Waals surface area contributed by atoms with Gasteiger partial charge in [-0.05, 0) is 62.4 Å². The molecule has 2 aromatic rings. The number of fused-ring (bicyclic) bond motifs is 2. The van der Waals surface area contributed by atoms with Gasteiger partial charge in [0.25, 0.3) is 0 Å². The minimum Gasteiger partial charge on any atom is -0.493 e. The van der Waals surface area contributed by atoms with Crippen LogP contribution in [0.1, 0.15) is 86.7 Å². The SMILES string of the molecule is CCCCCCOc1ccc(C)c2c1C(=O)c1c(C)c(C)cc(C)c1C2=O. The third kappa shape index (κ3) is 3.31. The van der Waals surface area contributed by atoms with Gasteiger partial charge in [0.15, 0.2) is 11.6 Å². The van der Waals surface area contributed by atoms with E-state index >= 15 is 0 Å². The van der Waals surface area contributed by atoms with Gasteiger partial charge in [-0.25, -0.2) is 0 Å². The highest BCUT2D eigenvalue weighted by molar-refractivity contribution is 6.30. The van der Waals surface area contributed by atoms with Gasteiger partial charge in [0.1, 0.15) is 5.75 Å². The van der Waals surface area contributed by atoms with E-state index in [0.717, 1.165) is 35.1 Å². The van der Waals surface area contributed by atoms with Gasteiger partial charge >= 0.3 is 0 Å². The molecule has 0 N–H and O–H groups in total. The van der Waals surface area contributed by atoms with Crippen LogP contribution in [0, 0.1) is 27.7 Å². The van der Waals surface area contributed by atoms with Gasteiger partial charge < -0.3 is 4.74 Å². The molecular formula is C24H28O3. The monoisotopic (exact) mass is 364 g/mol. The average Bonchev–Trinajstić information content (AvgIpc) is 2.63. The van der Waals surface area contributed by atoms with E-state index in [-0.39, 0.29) is 11.6 Å². The summed E-state index contributed by atoms with van der Waals surface area (Å²) in [6, 6.07) is 5.71. The number of ketones is 2. The van der Waals surface area contributed by atoms with Crippen LogP contribution in [0.15, 0.2) is 18.2 Å². The van der Waals surface area contributed by atoms with Crippen LogP contribution >= 0.6 is 0 Å². The van der Waals surface area contributed by atoms with Crippen LogP contribution in [-0.2, 0) is 0 Å². The van der Waals surface area contributed by atoms with Crippen molar-refractivity contribution in [1.82, 2.24) is 0 Å². The molecule has 3 rings (SSSR count). The van der Waals surface area contributed by atoms with Gasteiger partial charge in [-0.3, -0.25) is 9.59 Å². The first kappa shape index (κ1) is 19.3. The molecule has 0 aromatic heterocycles. The molecule has 3 heteroatoms. The van der Waals surface area contributed by atoms with Crippen LogP contribution in [0.25, 0.3) is 0 Å². The maximum Gasteiger partial charge on any atom is 0.198 e. The first-order valence-electron chi connectivity index (χ1n) is 9.85. The van der Waals surface area contributed by atoms with E-state index in [4.69, 9.17) is 4.74 Å². The summed E-state index contributed by atoms with van der Waals surface area (Å²) < 4.78 is 5.97. The number of carbonyl (C=O) groups excluding carboxylic acids is 2. The van der Waals surface area contributed by atoms with Crippen LogP contribution in [-0.4, -0.2) is 18.2 Å². The number of unbranched alkanes of at least 4 members (excludes halogenated alkanes) is 3. The molecule has 27 heavy (non-hydrogen) atoms. The lowest BCUT2D eigenvalue weighted by atomic mass is 9.77. The third-order valence-electron chi connectivity index (χ3n) is 5.58. The third-order valence-corrected chi connectivity index (χ3v) is 5.58. The van der Waals surface area contributed by atoms with Crippen LogP contribution in [0.5, 0.6) is 5.75 Å². The van der Waals surface area contributed by atoms with Crippen LogP contribution < -0.4 is 4.74 Å². The van der Waals surface area contributed by atoms with E-state index in [2.05, 4.69) is 6.92 Å². The molecule has 0 heterocycles. The lowest BCUT2D eigenvalue weighted by Crippen LogP contribution is -2.25. The second kappa shape index (κ2) is 7.67. The molecule has 0 saturated heterocycles. The second-order valence-corrected chi connectivity index (χ2v) is 7.58. The normalized spacial score (nSPS) is 12.8. The predicted molar refractivity (Wildman–Crippen MR) is 108 cm³/mol. The van der Waals surface area contributed by atoms with Crippen molar-refractivity contribution in [2.45, 2.75) is 60.3 Å². The molecular weight excluding hydrogens is 336 g/mol. The summed E-state index contributed by atoms with van der Waals surface area (Å²) in [5.41, 5.74) is 5.65. The molecule has 0 radical (unpaired) electrons. The largest absolute Gasteiger partial charge is 0.493 e. The number of ether oxygens (including phenoxy) is 1. The Labute approximate surface area is 161 Å². The minimum atomic E-state index is -0.0869. The number of carbonyl (C=O) groups is 2. The number of benzene rings is 2. The average molecular weight is 364 g/mol. The Morgan fingerprint density at radius 2 is 1.41 bits per heavy atom. The molecule has 142 valence electrons. The maximum atomic E-state index is 13.5. The molecule has 1 aliphatic rings. The summed E-state index contributed by atoms with van der Waals surface area (Å²) in [6.07, 6.45) is 4.41. The van der Waals surface area contributed by atoms with Crippen molar-refractivity contribution in [3.63, 3.8) is 0 Å². The smallest absolute Gasteiger partial charge is 0.198 e. The first-order valence-corrected chi connectivity index (χ1v) is 9.85. The van der Waals surface area contributed by atoms with Crippen molar-refractivity contribution in [2.24, 2.45) is 0 Å². The van der Waals surface area contributed by atoms with Gasteiger partial charge in [0.2, 0.25) is 0 Å². The Morgan fingerprint density at radius 3 is 2.11 bits per heavy atom. The van der Waals surface area contributed by atoms with Crippen molar-refractivity contribution in [3.8, 4) is 5.75 Å². The topological polar surface area (TPSA) is 43.4 Å². The fourth-order valence-corrected chi connectivity index (χ4v) is 3.95. The minimum absolute atomic E-state index is 0.0610. The second-order valence-electron chi connectivity index (χ2n) is 7.58. The van der Waals surface area contributed by atoms with Crippen LogP contribution in [0.2, 0.25) is 0 Å². The summed E-state index contributed by atoms with van der Waals surface area (Å²) in [6.45, 7) is 10.4. The van der Waals surface area contributed by atoms with Crippen molar-refractivity contribution in [3.05, 3.63) is 62.7 Å². The Bertz CT molecular complexity index is 922. The summed E-state index contributed by atoms with van der Waals surface area (Å²) in [4.78, 5) is 26.8. The number of hydrogen-bond acceptors (Lipinski definition) is 3. The van der Waals surface area contributed by atoms with Gasteiger partial charge in [0.05, 0.1) is 12.2 Å². The summed E-state index contributed by atoms with van der Waals surface area (Å²) in [5.74, 6) is 0.389. The first-order chi connectivity index (χ1) is 12.9. The van der Waals surface area contributed by atoms with E-state index in [9.17, 15) is 9.59 Å². The van der Waals surface area contributed by atoms with Gasteiger partial charge in [-0.1, -0.05) is 38.3 Å². The molecule has 0 atom stereocenters. The molecule has 0 aliphatic heterocycles. The molecule has 0 saturated carbocycles. The van der Waals surface area contributed by atoms with Gasteiger partial charge in [-0.2, -0.15) is 0 Å². The van der Waals surface area contributed by atoms with E-state index in [1.54, 1.807) is 0 Å². The fraction of sp³-hybridized carbons (Fsp3) is 0.417. The Hall–Kier alpha value is -2.42. The fourth-order valence-electron chi connectivity index (χ4n) is 3.95. The molecule has 1 aliphatic carbocycles. The van der Waals surface area contributed by atoms with Crippen molar-refractivity contribution in [1.29, 1.82) is 0 Å². The lowest BCUT2D eigenvalue weighted by molar-refractivity contribution is 0.0973. The van der Waals surface area contributed by atoms with Crippen LogP contribution in [0.3, 0.4) is 0 Å². The van der Waals surface area contributed by atoms with E-state index in [0.29, 0.717) is 34.6 Å². The van der Waals surface area contributed by atoms with Crippen LogP contribution in [0.4, 0.5) is 0 Å². The molecule has 0 bridgehead atoms. The molecule has 2 aromatic carbocycles. The van der Waals surface area contributed by atoms with Gasteiger partial charge in [-0.15, -0.1) is 0 Å². The van der Waals surface area contributed by atoms with E-state index in [1.165, 1.54) is 12.8 Å². The van der Waals surface area contributed by atoms with E-state index in [1.807, 2.05) is 45.9 Å². The van der Waals surface area contributed by atoms with Crippen molar-refractivity contribution in [2.75, 3.05) is 6.61 Å². The number of hydrogen-bond donors (Lipinski definition) is 0. The molecule has 0 amide bonds. The lowest BCUT2D eigenvalue weighted by Gasteiger charge is -2.25. The number of rotatable bonds is 6. The molecule has 0 unspecified atom stereocenters. The zero-order chi connectivity index (χ0) is 19.7. The molecule has 0 fully saturated rings. The standard InChI is InChI=1S/C24H28O3/c1-6-7-8-9-12-27-18-11-10-14(2)19-22(18)24(26)21-17(5)15(3)13-16(4)20(21)23(19)25/h10-11,13H,6-9,12H2,1-5H3. The number of aryl methyl sites for hydroxylation is 3. The highest BCUT2D eigenvalue weighted by Crippen LogP contribution is 2.38. The maximum absolute atomic E-state index is 13.5. The quantitative estimate of drug-likeness (QED) is 0.530. The van der Waals surface area contributed by atoms with E-state index < -0.39 is 0 Å². The van der Waals surface area contributed by atoms with Crippen molar-refractivity contribution < 1.29 is 14.3 Å². The Balaban J connectivity index is 2.07. The molecule has 0 spiro atoms. The summed E-state index contributed by atoms with van der Waals surface area (Å²) in [7, 11) is 0. The Kier molecular flexibility index (Phi) is 5.50. The summed E-state index contributed by atoms with van der Waals surface area (Å²) in [5, 5.41) is 0. The molecule has 3 nitrogen and oxygen atoms in total.